The molecule has 1 unspecified atom stereocenters. The van der Waals surface area contributed by atoms with Crippen LogP contribution in [0.15, 0.2) is 22.7 Å². The average Bonchev–Trinajstić information content (AvgIpc) is 2.39. The molecule has 1 atom stereocenters. The Kier molecular flexibility index (Phi) is 4.81. The summed E-state index contributed by atoms with van der Waals surface area (Å²) in [6.45, 7) is 1.64. The number of hydrogen-bond donors (Lipinski definition) is 2. The van der Waals surface area contributed by atoms with Crippen LogP contribution in [0.25, 0.3) is 0 Å². The van der Waals surface area contributed by atoms with Crippen molar-refractivity contribution in [3.8, 4) is 0 Å². The molecule has 0 aliphatic heterocycles. The van der Waals surface area contributed by atoms with Gasteiger partial charge in [-0.05, 0) is 37.5 Å². The number of halogens is 2. The first kappa shape index (κ1) is 15.4. The van der Waals surface area contributed by atoms with Crippen LogP contribution in [-0.4, -0.2) is 17.1 Å². The second-order valence-corrected chi connectivity index (χ2v) is 6.39. The third-order valence-corrected chi connectivity index (χ3v) is 4.65. The predicted molar refractivity (Wildman–Crippen MR) is 79.1 cm³/mol. The van der Waals surface area contributed by atoms with E-state index in [9.17, 15) is 14.3 Å². The summed E-state index contributed by atoms with van der Waals surface area (Å²) in [6, 6.07) is 4.33. The maximum absolute atomic E-state index is 13.2. The third kappa shape index (κ3) is 3.20. The largest absolute Gasteiger partial charge is 0.480 e. The molecule has 5 heteroatoms. The van der Waals surface area contributed by atoms with Crippen molar-refractivity contribution in [1.29, 1.82) is 0 Å². The van der Waals surface area contributed by atoms with Gasteiger partial charge in [0.25, 0.3) is 0 Å². The van der Waals surface area contributed by atoms with Gasteiger partial charge in [0.1, 0.15) is 11.4 Å². The van der Waals surface area contributed by atoms with Crippen molar-refractivity contribution >= 4 is 21.9 Å². The van der Waals surface area contributed by atoms with Crippen LogP contribution in [0.4, 0.5) is 4.39 Å². The van der Waals surface area contributed by atoms with Crippen LogP contribution < -0.4 is 5.32 Å². The van der Waals surface area contributed by atoms with Gasteiger partial charge in [0.15, 0.2) is 0 Å². The lowest BCUT2D eigenvalue weighted by Gasteiger charge is -2.34. The summed E-state index contributed by atoms with van der Waals surface area (Å²) in [6.07, 6.45) is 5.43. The van der Waals surface area contributed by atoms with Crippen molar-refractivity contribution < 1.29 is 14.3 Å². The molecule has 0 aromatic heterocycles. The quantitative estimate of drug-likeness (QED) is 0.873. The topological polar surface area (TPSA) is 49.3 Å². The van der Waals surface area contributed by atoms with Gasteiger partial charge >= 0.3 is 5.97 Å². The number of hydrogen-bond acceptors (Lipinski definition) is 2. The van der Waals surface area contributed by atoms with Gasteiger partial charge in [-0.25, -0.2) is 9.18 Å². The van der Waals surface area contributed by atoms with E-state index in [-0.39, 0.29) is 11.9 Å². The molecule has 2 N–H and O–H groups in total. The molecular weight excluding hydrogens is 325 g/mol. The van der Waals surface area contributed by atoms with Crippen LogP contribution in [0.5, 0.6) is 0 Å². The summed E-state index contributed by atoms with van der Waals surface area (Å²) in [5, 5.41) is 12.9. The summed E-state index contributed by atoms with van der Waals surface area (Å²) in [5.74, 6) is -1.33. The molecule has 1 saturated carbocycles. The maximum Gasteiger partial charge on any atom is 0.328 e. The van der Waals surface area contributed by atoms with Crippen LogP contribution in [0.3, 0.4) is 0 Å². The molecule has 1 aromatic carbocycles. The Morgan fingerprint density at radius 3 is 2.60 bits per heavy atom. The zero-order valence-electron chi connectivity index (χ0n) is 11.5. The fourth-order valence-corrected chi connectivity index (χ4v) is 3.55. The number of carboxylic acid groups (broad SMARTS) is 1. The van der Waals surface area contributed by atoms with E-state index >= 15 is 0 Å². The Morgan fingerprint density at radius 1 is 1.40 bits per heavy atom. The molecule has 1 aromatic rings. The molecule has 110 valence electrons. The Bertz CT molecular complexity index is 503. The number of nitrogens with one attached hydrogen (secondary N) is 1. The zero-order chi connectivity index (χ0) is 14.8. The lowest BCUT2D eigenvalue weighted by Crippen LogP contribution is -2.52. The minimum absolute atomic E-state index is 0.196. The Hall–Kier alpha value is -0.940. The van der Waals surface area contributed by atoms with Gasteiger partial charge < -0.3 is 5.11 Å². The SMILES string of the molecule is CC(NC1CCCCC1)(C(=O)O)c1ccc(F)cc1Br. The van der Waals surface area contributed by atoms with E-state index in [1.807, 2.05) is 0 Å². The molecule has 1 fully saturated rings. The van der Waals surface area contributed by atoms with Gasteiger partial charge in [-0.1, -0.05) is 41.3 Å². The standard InChI is InChI=1S/C15H19BrFNO2/c1-15(14(19)20,18-11-5-3-2-4-6-11)12-8-7-10(17)9-13(12)16/h7-9,11,18H,2-6H2,1H3,(H,19,20). The fraction of sp³-hybridized carbons (Fsp3) is 0.533. The van der Waals surface area contributed by atoms with Gasteiger partial charge in [-0.15, -0.1) is 0 Å². The monoisotopic (exact) mass is 343 g/mol. The smallest absolute Gasteiger partial charge is 0.328 e. The summed E-state index contributed by atoms with van der Waals surface area (Å²) in [5.41, 5.74) is -0.661. The van der Waals surface area contributed by atoms with Crippen molar-refractivity contribution in [2.75, 3.05) is 0 Å². The van der Waals surface area contributed by atoms with Crippen LogP contribution in [0.2, 0.25) is 0 Å². The molecule has 0 amide bonds. The lowest BCUT2D eigenvalue weighted by molar-refractivity contribution is -0.145. The number of aliphatic carboxylic acids is 1. The summed E-state index contributed by atoms with van der Waals surface area (Å²) in [4.78, 5) is 11.8. The van der Waals surface area contributed by atoms with Crippen molar-refractivity contribution in [3.63, 3.8) is 0 Å². The van der Waals surface area contributed by atoms with E-state index in [1.54, 1.807) is 6.92 Å². The second-order valence-electron chi connectivity index (χ2n) is 5.53. The molecule has 0 heterocycles. The van der Waals surface area contributed by atoms with Crippen molar-refractivity contribution in [2.24, 2.45) is 0 Å². The maximum atomic E-state index is 13.2. The molecule has 1 aliphatic carbocycles. The predicted octanol–water partition coefficient (Wildman–Crippen LogP) is 3.81. The summed E-state index contributed by atoms with van der Waals surface area (Å²) >= 11 is 3.27. The van der Waals surface area contributed by atoms with Gasteiger partial charge in [0, 0.05) is 10.5 Å². The lowest BCUT2D eigenvalue weighted by atomic mass is 9.87. The van der Waals surface area contributed by atoms with Crippen molar-refractivity contribution in [1.82, 2.24) is 5.32 Å². The van der Waals surface area contributed by atoms with Gasteiger partial charge in [-0.3, -0.25) is 5.32 Å². The third-order valence-electron chi connectivity index (χ3n) is 4.00. The molecular formula is C15H19BrFNO2. The first-order valence-corrected chi connectivity index (χ1v) is 7.69. The number of benzene rings is 1. The normalized spacial score (nSPS) is 19.6. The van der Waals surface area contributed by atoms with Crippen LogP contribution in [0.1, 0.15) is 44.6 Å². The first-order chi connectivity index (χ1) is 9.43. The highest BCUT2D eigenvalue weighted by atomic mass is 79.9. The van der Waals surface area contributed by atoms with E-state index < -0.39 is 11.5 Å². The molecule has 0 bridgehead atoms. The van der Waals surface area contributed by atoms with Gasteiger partial charge in [0.2, 0.25) is 0 Å². The molecule has 0 saturated heterocycles. The number of rotatable bonds is 4. The van der Waals surface area contributed by atoms with Crippen LogP contribution in [0, 0.1) is 5.82 Å². The molecule has 20 heavy (non-hydrogen) atoms. The highest BCUT2D eigenvalue weighted by Gasteiger charge is 2.38. The van der Waals surface area contributed by atoms with E-state index in [0.29, 0.717) is 10.0 Å². The fourth-order valence-electron chi connectivity index (χ4n) is 2.80. The Labute approximate surface area is 126 Å². The van der Waals surface area contributed by atoms with E-state index in [2.05, 4.69) is 21.2 Å². The Balaban J connectivity index is 2.30. The average molecular weight is 344 g/mol. The minimum atomic E-state index is -1.21. The summed E-state index contributed by atoms with van der Waals surface area (Å²) < 4.78 is 13.7. The van der Waals surface area contributed by atoms with E-state index in [4.69, 9.17) is 0 Å². The highest BCUT2D eigenvalue weighted by Crippen LogP contribution is 2.31. The Morgan fingerprint density at radius 2 is 2.05 bits per heavy atom. The molecule has 0 radical (unpaired) electrons. The minimum Gasteiger partial charge on any atom is -0.480 e. The second kappa shape index (κ2) is 6.22. The first-order valence-electron chi connectivity index (χ1n) is 6.90. The zero-order valence-corrected chi connectivity index (χ0v) is 13.0. The van der Waals surface area contributed by atoms with E-state index in [0.717, 1.165) is 25.7 Å². The summed E-state index contributed by atoms with van der Waals surface area (Å²) in [7, 11) is 0. The highest BCUT2D eigenvalue weighted by molar-refractivity contribution is 9.10. The van der Waals surface area contributed by atoms with Crippen LogP contribution in [-0.2, 0) is 10.3 Å². The molecule has 0 spiro atoms. The van der Waals surface area contributed by atoms with Gasteiger partial charge in [-0.2, -0.15) is 0 Å². The molecule has 3 nitrogen and oxygen atoms in total. The number of carboxylic acids is 1. The molecule has 2 rings (SSSR count). The molecule has 1 aliphatic rings. The van der Waals surface area contributed by atoms with E-state index in [1.165, 1.54) is 24.6 Å². The van der Waals surface area contributed by atoms with Crippen LogP contribution >= 0.6 is 15.9 Å². The van der Waals surface area contributed by atoms with Gasteiger partial charge in [0.05, 0.1) is 0 Å². The number of carbonyl (C=O) groups is 1. The van der Waals surface area contributed by atoms with Crippen molar-refractivity contribution in [3.05, 3.63) is 34.1 Å². The van der Waals surface area contributed by atoms with Crippen molar-refractivity contribution in [2.45, 2.75) is 50.6 Å².